The van der Waals surface area contributed by atoms with Crippen LogP contribution < -0.4 is 10.7 Å². The molecule has 0 aliphatic carbocycles. The van der Waals surface area contributed by atoms with E-state index in [1.165, 1.54) is 30.7 Å². The first-order valence-corrected chi connectivity index (χ1v) is 10.1. The van der Waals surface area contributed by atoms with Crippen LogP contribution >= 0.6 is 0 Å². The molecule has 0 amide bonds. The van der Waals surface area contributed by atoms with Crippen molar-refractivity contribution in [2.24, 2.45) is 0 Å². The lowest BCUT2D eigenvalue weighted by molar-refractivity contribution is 0.455. The number of aromatic hydroxyl groups is 1. The molecule has 0 saturated carbocycles. The maximum absolute atomic E-state index is 11.4. The lowest BCUT2D eigenvalue weighted by Crippen LogP contribution is -2.09. The molecule has 28 heavy (non-hydrogen) atoms. The van der Waals surface area contributed by atoms with Gasteiger partial charge in [-0.3, -0.25) is 9.78 Å². The maximum atomic E-state index is 11.4. The van der Waals surface area contributed by atoms with E-state index in [-0.39, 0.29) is 11.2 Å². The number of nitrogens with one attached hydrogen (secondary N) is 1. The highest BCUT2D eigenvalue weighted by Crippen LogP contribution is 2.21. The second kappa shape index (κ2) is 9.93. The molecule has 0 bridgehead atoms. The minimum Gasteiger partial charge on any atom is -0.503 e. The first kappa shape index (κ1) is 19.9. The summed E-state index contributed by atoms with van der Waals surface area (Å²) in [6.07, 6.45) is 10.4. The number of unbranched alkanes of at least 4 members (excludes halogenated alkanes) is 5. The van der Waals surface area contributed by atoms with Gasteiger partial charge < -0.3 is 15.0 Å². The molecular formula is C23H29N3O2. The summed E-state index contributed by atoms with van der Waals surface area (Å²) in [5, 5.41) is 14.3. The summed E-state index contributed by atoms with van der Waals surface area (Å²) in [7, 11) is 0. The lowest BCUT2D eigenvalue weighted by Gasteiger charge is -2.11. The lowest BCUT2D eigenvalue weighted by atomic mass is 10.1. The van der Waals surface area contributed by atoms with Crippen molar-refractivity contribution in [3.63, 3.8) is 0 Å². The molecule has 0 spiro atoms. The Balaban J connectivity index is 1.29. The van der Waals surface area contributed by atoms with Gasteiger partial charge in [-0.05, 0) is 31.9 Å². The van der Waals surface area contributed by atoms with Crippen molar-refractivity contribution in [1.29, 1.82) is 0 Å². The summed E-state index contributed by atoms with van der Waals surface area (Å²) in [5.41, 5.74) is 2.78. The Morgan fingerprint density at radius 3 is 2.64 bits per heavy atom. The number of benzene rings is 1. The predicted octanol–water partition coefficient (Wildman–Crippen LogP) is 4.86. The summed E-state index contributed by atoms with van der Waals surface area (Å²) < 4.78 is 1.96. The molecule has 0 unspecified atom stereocenters. The fraction of sp³-hybridized carbons (Fsp3) is 0.391. The third-order valence-corrected chi connectivity index (χ3v) is 5.11. The van der Waals surface area contributed by atoms with Crippen LogP contribution in [-0.4, -0.2) is 21.2 Å². The quantitative estimate of drug-likeness (QED) is 0.494. The van der Waals surface area contributed by atoms with Crippen LogP contribution in [0.1, 0.15) is 44.2 Å². The second-order valence-corrected chi connectivity index (χ2v) is 7.28. The Labute approximate surface area is 166 Å². The molecule has 2 aromatic heterocycles. The number of hydrogen-bond acceptors (Lipinski definition) is 4. The highest BCUT2D eigenvalue weighted by molar-refractivity contribution is 5.90. The molecule has 0 atom stereocenters. The van der Waals surface area contributed by atoms with Crippen LogP contribution in [0.15, 0.2) is 53.6 Å². The van der Waals surface area contributed by atoms with Gasteiger partial charge in [0.1, 0.15) is 0 Å². The maximum Gasteiger partial charge on any atom is 0.223 e. The molecule has 1 aromatic carbocycles. The Morgan fingerprint density at radius 1 is 1.04 bits per heavy atom. The minimum absolute atomic E-state index is 0.167. The van der Waals surface area contributed by atoms with Crippen LogP contribution in [-0.2, 0) is 6.54 Å². The van der Waals surface area contributed by atoms with Gasteiger partial charge in [-0.2, -0.15) is 0 Å². The molecular weight excluding hydrogens is 350 g/mol. The van der Waals surface area contributed by atoms with Gasteiger partial charge in [0.2, 0.25) is 5.43 Å². The normalized spacial score (nSPS) is 11.0. The van der Waals surface area contributed by atoms with Gasteiger partial charge in [0.15, 0.2) is 5.75 Å². The summed E-state index contributed by atoms with van der Waals surface area (Å²) in [6.45, 7) is 3.72. The van der Waals surface area contributed by atoms with Gasteiger partial charge >= 0.3 is 0 Å². The molecule has 148 valence electrons. The van der Waals surface area contributed by atoms with Crippen molar-refractivity contribution in [2.45, 2.75) is 52.0 Å². The van der Waals surface area contributed by atoms with Crippen LogP contribution in [0, 0.1) is 6.92 Å². The molecule has 0 saturated heterocycles. The summed E-state index contributed by atoms with van der Waals surface area (Å²) in [4.78, 5) is 15.8. The Kier molecular flexibility index (Phi) is 7.06. The van der Waals surface area contributed by atoms with E-state index in [2.05, 4.69) is 16.4 Å². The van der Waals surface area contributed by atoms with E-state index in [4.69, 9.17) is 0 Å². The average Bonchev–Trinajstić information content (AvgIpc) is 2.70. The molecule has 2 N–H and O–H groups in total. The van der Waals surface area contributed by atoms with Crippen molar-refractivity contribution < 1.29 is 5.11 Å². The topological polar surface area (TPSA) is 67.2 Å². The van der Waals surface area contributed by atoms with E-state index in [9.17, 15) is 9.90 Å². The van der Waals surface area contributed by atoms with E-state index >= 15 is 0 Å². The Hall–Kier alpha value is -2.82. The Morgan fingerprint density at radius 2 is 1.79 bits per heavy atom. The highest BCUT2D eigenvalue weighted by Gasteiger charge is 2.02. The van der Waals surface area contributed by atoms with Crippen LogP contribution in [0.5, 0.6) is 5.75 Å². The molecule has 3 aromatic rings. The molecule has 5 heteroatoms. The fourth-order valence-electron chi connectivity index (χ4n) is 3.49. The van der Waals surface area contributed by atoms with Crippen molar-refractivity contribution in [2.75, 3.05) is 11.9 Å². The van der Waals surface area contributed by atoms with Crippen molar-refractivity contribution in [3.8, 4) is 5.75 Å². The molecule has 0 fully saturated rings. The summed E-state index contributed by atoms with van der Waals surface area (Å²) >= 11 is 0. The minimum atomic E-state index is -0.304. The molecule has 0 aliphatic rings. The molecule has 0 radical (unpaired) electrons. The summed E-state index contributed by atoms with van der Waals surface area (Å²) in [5.74, 6) is -0.167. The van der Waals surface area contributed by atoms with Gasteiger partial charge in [-0.1, -0.05) is 43.9 Å². The second-order valence-electron chi connectivity index (χ2n) is 7.28. The van der Waals surface area contributed by atoms with Gasteiger partial charge in [0, 0.05) is 48.3 Å². The van der Waals surface area contributed by atoms with Gasteiger partial charge in [0.05, 0.1) is 5.52 Å². The molecule has 2 heterocycles. The van der Waals surface area contributed by atoms with Gasteiger partial charge in [-0.15, -0.1) is 0 Å². The van der Waals surface area contributed by atoms with Crippen molar-refractivity contribution >= 4 is 16.6 Å². The zero-order valence-corrected chi connectivity index (χ0v) is 16.5. The first-order chi connectivity index (χ1) is 13.6. The summed E-state index contributed by atoms with van der Waals surface area (Å²) in [6, 6.07) is 11.7. The molecule has 3 rings (SSSR count). The molecule has 0 aliphatic heterocycles. The number of aromatic nitrogens is 2. The third kappa shape index (κ3) is 5.35. The zero-order valence-electron chi connectivity index (χ0n) is 16.5. The number of rotatable bonds is 10. The van der Waals surface area contributed by atoms with Gasteiger partial charge in [-0.25, -0.2) is 0 Å². The van der Waals surface area contributed by atoms with E-state index < -0.39 is 0 Å². The fourth-order valence-corrected chi connectivity index (χ4v) is 3.49. The van der Waals surface area contributed by atoms with Crippen molar-refractivity contribution in [3.05, 3.63) is 64.7 Å². The number of para-hydroxylation sites is 1. The number of hydrogen-bond donors (Lipinski definition) is 2. The third-order valence-electron chi connectivity index (χ3n) is 5.11. The first-order valence-electron chi connectivity index (χ1n) is 10.1. The van der Waals surface area contributed by atoms with E-state index in [1.54, 1.807) is 6.20 Å². The van der Waals surface area contributed by atoms with Crippen LogP contribution in [0.3, 0.4) is 0 Å². The number of nitrogens with zero attached hydrogens (tertiary/aromatic N) is 2. The predicted molar refractivity (Wildman–Crippen MR) is 115 cm³/mol. The Bertz CT molecular complexity index is 960. The van der Waals surface area contributed by atoms with Crippen LogP contribution in [0.4, 0.5) is 5.69 Å². The van der Waals surface area contributed by atoms with Crippen LogP contribution in [0.2, 0.25) is 0 Å². The van der Waals surface area contributed by atoms with E-state index in [0.717, 1.165) is 49.2 Å². The molecule has 5 nitrogen and oxygen atoms in total. The average molecular weight is 380 g/mol. The number of pyridine rings is 2. The smallest absolute Gasteiger partial charge is 0.223 e. The number of aryl methyl sites for hydroxylation is 2. The van der Waals surface area contributed by atoms with Crippen LogP contribution in [0.25, 0.3) is 10.9 Å². The zero-order chi connectivity index (χ0) is 19.8. The largest absolute Gasteiger partial charge is 0.503 e. The highest BCUT2D eigenvalue weighted by atomic mass is 16.3. The van der Waals surface area contributed by atoms with Crippen molar-refractivity contribution in [1.82, 2.24) is 9.55 Å². The van der Waals surface area contributed by atoms with E-state index in [1.807, 2.05) is 42.0 Å². The standard InChI is InChI=1S/C23H29N3O2/c1-18-16-22(27)23(28)17-26(18)15-9-5-3-2-4-8-13-24-21-12-14-25-20-11-7-6-10-19(20)21/h6-7,10-12,14,16-17,28H,2-5,8-9,13,15H2,1H3,(H,24,25). The van der Waals surface area contributed by atoms with E-state index in [0.29, 0.717) is 0 Å². The SMILES string of the molecule is Cc1cc(=O)c(O)cn1CCCCCCCCNc1ccnc2ccccc12. The monoisotopic (exact) mass is 379 g/mol. The number of fused-ring (bicyclic) bond motifs is 1. The van der Waals surface area contributed by atoms with Gasteiger partial charge in [0.25, 0.3) is 0 Å². The number of anilines is 1.